The lowest BCUT2D eigenvalue weighted by molar-refractivity contribution is 0.103. The number of anilines is 2. The van der Waals surface area contributed by atoms with Gasteiger partial charge >= 0.3 is 0 Å². The second kappa shape index (κ2) is 11.7. The van der Waals surface area contributed by atoms with Gasteiger partial charge in [-0.1, -0.05) is 25.2 Å². The average molecular weight is 556 g/mol. The highest BCUT2D eigenvalue weighted by atomic mass is 32.2. The lowest BCUT2D eigenvalue weighted by Crippen LogP contribution is -2.41. The van der Waals surface area contributed by atoms with Gasteiger partial charge in [-0.2, -0.15) is 0 Å². The van der Waals surface area contributed by atoms with Crippen LogP contribution in [0.1, 0.15) is 73.2 Å². The van der Waals surface area contributed by atoms with Crippen molar-refractivity contribution in [3.05, 3.63) is 39.8 Å². The number of hydrogen-bond acceptors (Lipinski definition) is 8. The van der Waals surface area contributed by atoms with Crippen LogP contribution in [0, 0.1) is 17.6 Å². The monoisotopic (exact) mass is 555 g/mol. The summed E-state index contributed by atoms with van der Waals surface area (Å²) in [6.07, 6.45) is 4.89. The second-order valence-corrected chi connectivity index (χ2v) is 13.3. The molecular formula is C25H35F2N5O3S2. The standard InChI is InChI=1S/C25H35F2N5O3S2/c1-15(2)14-37(34,35)31-18-7-5-17(6-8-18)29-25-30-24(28)23(36-25)22(33)21-19(26)11-16(12-20(21)27)13-32-9-3-4-10-32/h11-12,15,17-18,31H,3-10,13-14,28H2,1-2H3,(H,29,30)/t17-,18-. The molecule has 1 aromatic carbocycles. The third-order valence-corrected chi connectivity index (χ3v) is 9.55. The summed E-state index contributed by atoms with van der Waals surface area (Å²) < 4.78 is 56.9. The van der Waals surface area contributed by atoms with Crippen molar-refractivity contribution in [2.45, 2.75) is 71.0 Å². The molecule has 12 heteroatoms. The maximum absolute atomic E-state index is 14.9. The Balaban J connectivity index is 1.37. The van der Waals surface area contributed by atoms with Crippen molar-refractivity contribution in [2.24, 2.45) is 5.92 Å². The molecule has 2 aromatic rings. The van der Waals surface area contributed by atoms with Crippen LogP contribution in [-0.4, -0.2) is 55.0 Å². The van der Waals surface area contributed by atoms with Gasteiger partial charge in [0, 0.05) is 18.6 Å². The number of nitrogen functional groups attached to an aromatic ring is 1. The van der Waals surface area contributed by atoms with E-state index in [1.807, 2.05) is 13.8 Å². The molecule has 4 rings (SSSR count). The van der Waals surface area contributed by atoms with Crippen molar-refractivity contribution >= 4 is 38.1 Å². The highest BCUT2D eigenvalue weighted by Gasteiger charge is 2.28. The van der Waals surface area contributed by atoms with E-state index in [4.69, 9.17) is 5.73 Å². The number of carbonyl (C=O) groups excluding carboxylic acids is 1. The summed E-state index contributed by atoms with van der Waals surface area (Å²) in [6, 6.07) is 2.36. The normalized spacial score (nSPS) is 21.0. The van der Waals surface area contributed by atoms with E-state index < -0.39 is 33.0 Å². The van der Waals surface area contributed by atoms with Gasteiger partial charge < -0.3 is 11.1 Å². The van der Waals surface area contributed by atoms with Crippen LogP contribution in [0.3, 0.4) is 0 Å². The number of aromatic nitrogens is 1. The van der Waals surface area contributed by atoms with Crippen molar-refractivity contribution in [3.63, 3.8) is 0 Å². The lowest BCUT2D eigenvalue weighted by Gasteiger charge is -2.29. The van der Waals surface area contributed by atoms with Crippen LogP contribution in [0.2, 0.25) is 0 Å². The van der Waals surface area contributed by atoms with Crippen LogP contribution in [0.5, 0.6) is 0 Å². The molecular weight excluding hydrogens is 520 g/mol. The molecule has 204 valence electrons. The number of halogens is 2. The molecule has 1 saturated heterocycles. The van der Waals surface area contributed by atoms with Gasteiger partial charge in [0.25, 0.3) is 0 Å². The van der Waals surface area contributed by atoms with Crippen LogP contribution < -0.4 is 15.8 Å². The summed E-state index contributed by atoms with van der Waals surface area (Å²) in [4.78, 5) is 19.4. The molecule has 4 N–H and O–H groups in total. The predicted molar refractivity (Wildman–Crippen MR) is 142 cm³/mol. The number of ketones is 1. The molecule has 0 atom stereocenters. The second-order valence-electron chi connectivity index (χ2n) is 10.5. The molecule has 0 spiro atoms. The predicted octanol–water partition coefficient (Wildman–Crippen LogP) is 4.13. The maximum Gasteiger partial charge on any atom is 0.212 e. The quantitative estimate of drug-likeness (QED) is 0.378. The largest absolute Gasteiger partial charge is 0.382 e. The topological polar surface area (TPSA) is 117 Å². The Morgan fingerprint density at radius 1 is 1.14 bits per heavy atom. The summed E-state index contributed by atoms with van der Waals surface area (Å²) >= 11 is 0.972. The Labute approximate surface area is 221 Å². The van der Waals surface area contributed by atoms with E-state index in [1.54, 1.807) is 0 Å². The fourth-order valence-electron chi connectivity index (χ4n) is 5.07. The summed E-state index contributed by atoms with van der Waals surface area (Å²) in [5, 5.41) is 3.65. The Kier molecular flexibility index (Phi) is 8.82. The lowest BCUT2D eigenvalue weighted by atomic mass is 9.92. The van der Waals surface area contributed by atoms with Crippen LogP contribution in [0.15, 0.2) is 12.1 Å². The summed E-state index contributed by atoms with van der Waals surface area (Å²) in [7, 11) is -3.31. The van der Waals surface area contributed by atoms with E-state index >= 15 is 0 Å². The van der Waals surface area contributed by atoms with Crippen molar-refractivity contribution in [2.75, 3.05) is 29.9 Å². The Morgan fingerprint density at radius 2 is 1.73 bits per heavy atom. The van der Waals surface area contributed by atoms with Gasteiger partial charge in [-0.05, 0) is 75.2 Å². The maximum atomic E-state index is 14.9. The molecule has 37 heavy (non-hydrogen) atoms. The third-order valence-electron chi connectivity index (χ3n) is 6.75. The van der Waals surface area contributed by atoms with Crippen LogP contribution >= 0.6 is 11.3 Å². The minimum atomic E-state index is -3.31. The zero-order valence-corrected chi connectivity index (χ0v) is 22.9. The number of nitrogens with zero attached hydrogens (tertiary/aromatic N) is 2. The van der Waals surface area contributed by atoms with Gasteiger partial charge in [-0.3, -0.25) is 9.69 Å². The van der Waals surface area contributed by atoms with E-state index in [0.717, 1.165) is 37.3 Å². The van der Waals surface area contributed by atoms with E-state index in [9.17, 15) is 22.0 Å². The van der Waals surface area contributed by atoms with E-state index in [0.29, 0.717) is 42.9 Å². The Morgan fingerprint density at radius 3 is 2.32 bits per heavy atom. The molecule has 1 saturated carbocycles. The van der Waals surface area contributed by atoms with Crippen LogP contribution in [0.25, 0.3) is 0 Å². The van der Waals surface area contributed by atoms with E-state index in [2.05, 4.69) is 19.9 Å². The molecule has 2 fully saturated rings. The fourth-order valence-corrected chi connectivity index (χ4v) is 7.70. The SMILES string of the molecule is CC(C)CS(=O)(=O)N[C@H]1CC[C@H](Nc2nc(N)c(C(=O)c3c(F)cc(CN4CCCC4)cc3F)s2)CC1. The Hall–Kier alpha value is -2.15. The highest BCUT2D eigenvalue weighted by molar-refractivity contribution is 7.89. The zero-order chi connectivity index (χ0) is 26.7. The smallest absolute Gasteiger partial charge is 0.212 e. The zero-order valence-electron chi connectivity index (χ0n) is 21.2. The van der Waals surface area contributed by atoms with Gasteiger partial charge in [-0.15, -0.1) is 0 Å². The first kappa shape index (κ1) is 27.9. The first-order valence-corrected chi connectivity index (χ1v) is 15.3. The molecule has 1 aromatic heterocycles. The van der Waals surface area contributed by atoms with Gasteiger partial charge in [-0.25, -0.2) is 26.9 Å². The van der Waals surface area contributed by atoms with Crippen molar-refractivity contribution in [1.29, 1.82) is 0 Å². The average Bonchev–Trinajstić information content (AvgIpc) is 3.42. The summed E-state index contributed by atoms with van der Waals surface area (Å²) in [5.41, 5.74) is 5.84. The number of likely N-dealkylation sites (tertiary alicyclic amines) is 1. The molecule has 2 heterocycles. The molecule has 0 unspecified atom stereocenters. The van der Waals surface area contributed by atoms with Crippen molar-refractivity contribution in [3.8, 4) is 0 Å². The number of nitrogens with one attached hydrogen (secondary N) is 2. The number of nitrogens with two attached hydrogens (primary N) is 1. The molecule has 0 amide bonds. The van der Waals surface area contributed by atoms with E-state index in [-0.39, 0.29) is 34.4 Å². The number of benzene rings is 1. The van der Waals surface area contributed by atoms with Gasteiger partial charge in [0.2, 0.25) is 15.8 Å². The molecule has 1 aliphatic heterocycles. The van der Waals surface area contributed by atoms with E-state index in [1.165, 1.54) is 12.1 Å². The van der Waals surface area contributed by atoms with Gasteiger partial charge in [0.05, 0.1) is 11.3 Å². The minimum absolute atomic E-state index is 0.0114. The number of thiazole rings is 1. The first-order chi connectivity index (χ1) is 17.5. The van der Waals surface area contributed by atoms with Crippen molar-refractivity contribution < 1.29 is 22.0 Å². The molecule has 1 aliphatic carbocycles. The van der Waals surface area contributed by atoms with Gasteiger partial charge in [0.15, 0.2) is 5.13 Å². The third kappa shape index (κ3) is 7.24. The van der Waals surface area contributed by atoms with Crippen LogP contribution in [0.4, 0.5) is 19.7 Å². The minimum Gasteiger partial charge on any atom is -0.382 e. The number of sulfonamides is 1. The van der Waals surface area contributed by atoms with Crippen molar-refractivity contribution in [1.82, 2.24) is 14.6 Å². The highest BCUT2D eigenvalue weighted by Crippen LogP contribution is 2.32. The molecule has 2 aliphatic rings. The first-order valence-electron chi connectivity index (χ1n) is 12.8. The molecule has 8 nitrogen and oxygen atoms in total. The Bertz CT molecular complexity index is 1200. The molecule has 0 bridgehead atoms. The number of carbonyl (C=O) groups is 1. The molecule has 0 radical (unpaired) electrons. The van der Waals surface area contributed by atoms with Gasteiger partial charge in [0.1, 0.15) is 22.3 Å². The summed E-state index contributed by atoms with van der Waals surface area (Å²) in [5.74, 6) is -2.55. The fraction of sp³-hybridized carbons (Fsp3) is 0.600. The van der Waals surface area contributed by atoms with Crippen LogP contribution in [-0.2, 0) is 16.6 Å². The number of hydrogen-bond donors (Lipinski definition) is 3. The number of rotatable bonds is 10. The summed E-state index contributed by atoms with van der Waals surface area (Å²) in [6.45, 7) is 5.97.